The van der Waals surface area contributed by atoms with E-state index < -0.39 is 59.9 Å². The quantitative estimate of drug-likeness (QED) is 0.393. The second-order valence-electron chi connectivity index (χ2n) is 6.11. The van der Waals surface area contributed by atoms with Crippen molar-refractivity contribution in [3.8, 4) is 0 Å². The Balaban J connectivity index is 1.84. The number of carbonyl (C=O) groups is 2. The van der Waals surface area contributed by atoms with Gasteiger partial charge in [0.1, 0.15) is 11.9 Å². The first kappa shape index (κ1) is 22.1. The first-order valence-corrected chi connectivity index (χ1v) is 8.56. The number of ether oxygens (including phenoxy) is 2. The maximum absolute atomic E-state index is 14.2. The summed E-state index contributed by atoms with van der Waals surface area (Å²) in [5.74, 6) is -6.22. The largest absolute Gasteiger partial charge is 0.430 e. The molecule has 3 heterocycles. The molecule has 1 amide bonds. The highest BCUT2D eigenvalue weighted by atomic mass is 19.3. The number of alkyl halides is 2. The van der Waals surface area contributed by atoms with Gasteiger partial charge in [-0.25, -0.2) is 19.6 Å². The van der Waals surface area contributed by atoms with E-state index in [1.807, 2.05) is 0 Å². The van der Waals surface area contributed by atoms with Gasteiger partial charge in [-0.3, -0.25) is 9.36 Å². The molecule has 1 aliphatic heterocycles. The summed E-state index contributed by atoms with van der Waals surface area (Å²) < 4.78 is 38.3. The number of carbonyl (C=O) groups excluding carboxylic acids is 2. The first-order chi connectivity index (χ1) is 14.7. The van der Waals surface area contributed by atoms with Gasteiger partial charge < -0.3 is 25.0 Å². The number of aromatic nitrogens is 4. The molecular weight excluding hydrogens is 424 g/mol. The SMILES string of the molecule is C=COC(=O)c1nccnc1C(=O)Nc1ccn([C@@H]2O[C@H](CO)[C@@H](O)C2(F)F)c(=O)n1. The van der Waals surface area contributed by atoms with Gasteiger partial charge in [0.15, 0.2) is 17.5 Å². The van der Waals surface area contributed by atoms with Crippen LogP contribution in [0.3, 0.4) is 0 Å². The number of amides is 1. The third-order valence-corrected chi connectivity index (χ3v) is 4.18. The molecule has 0 bridgehead atoms. The molecule has 0 saturated carbocycles. The van der Waals surface area contributed by atoms with E-state index in [1.165, 1.54) is 0 Å². The minimum Gasteiger partial charge on any atom is -0.430 e. The molecule has 0 spiro atoms. The van der Waals surface area contributed by atoms with Crippen molar-refractivity contribution >= 4 is 17.7 Å². The van der Waals surface area contributed by atoms with E-state index in [4.69, 9.17) is 9.84 Å². The molecule has 164 valence electrons. The molecule has 1 fully saturated rings. The molecule has 3 atom stereocenters. The zero-order valence-electron chi connectivity index (χ0n) is 15.5. The number of anilines is 1. The summed E-state index contributed by atoms with van der Waals surface area (Å²) >= 11 is 0. The number of esters is 1. The maximum atomic E-state index is 14.2. The molecular formula is C17H15F2N5O7. The van der Waals surface area contributed by atoms with Crippen molar-refractivity contribution < 1.29 is 38.1 Å². The monoisotopic (exact) mass is 439 g/mol. The summed E-state index contributed by atoms with van der Waals surface area (Å²) in [4.78, 5) is 47.4. The highest BCUT2D eigenvalue weighted by molar-refractivity contribution is 6.08. The van der Waals surface area contributed by atoms with Gasteiger partial charge >= 0.3 is 17.6 Å². The number of nitrogens with zero attached hydrogens (tertiary/aromatic N) is 4. The van der Waals surface area contributed by atoms with Crippen LogP contribution in [0.15, 0.2) is 42.3 Å². The Morgan fingerprint density at radius 3 is 2.61 bits per heavy atom. The van der Waals surface area contributed by atoms with Crippen molar-refractivity contribution in [3.05, 3.63) is 59.4 Å². The van der Waals surface area contributed by atoms with Crippen LogP contribution in [0, 0.1) is 0 Å². The Bertz CT molecular complexity index is 1080. The van der Waals surface area contributed by atoms with E-state index in [-0.39, 0.29) is 5.82 Å². The van der Waals surface area contributed by atoms with Gasteiger partial charge in [-0.1, -0.05) is 6.58 Å². The summed E-state index contributed by atoms with van der Waals surface area (Å²) in [6.45, 7) is 2.32. The van der Waals surface area contributed by atoms with Crippen LogP contribution in [0.1, 0.15) is 27.2 Å². The third-order valence-electron chi connectivity index (χ3n) is 4.18. The Morgan fingerprint density at radius 1 is 1.35 bits per heavy atom. The van der Waals surface area contributed by atoms with Gasteiger partial charge in [-0.05, 0) is 6.07 Å². The number of aliphatic hydroxyl groups excluding tert-OH is 2. The van der Waals surface area contributed by atoms with E-state index in [1.54, 1.807) is 0 Å². The lowest BCUT2D eigenvalue weighted by molar-refractivity contribution is -0.140. The molecule has 0 aliphatic carbocycles. The van der Waals surface area contributed by atoms with Crippen LogP contribution < -0.4 is 11.0 Å². The molecule has 0 radical (unpaired) electrons. The van der Waals surface area contributed by atoms with Crippen molar-refractivity contribution in [2.24, 2.45) is 0 Å². The predicted molar refractivity (Wildman–Crippen MR) is 96.0 cm³/mol. The normalized spacial score (nSPS) is 22.0. The molecule has 2 aromatic heterocycles. The summed E-state index contributed by atoms with van der Waals surface area (Å²) in [6, 6.07) is 1.01. The van der Waals surface area contributed by atoms with Gasteiger partial charge in [0.05, 0.1) is 12.9 Å². The van der Waals surface area contributed by atoms with Crippen LogP contribution in [0.25, 0.3) is 0 Å². The number of nitrogens with one attached hydrogen (secondary N) is 1. The number of halogens is 2. The number of rotatable bonds is 6. The molecule has 1 saturated heterocycles. The molecule has 0 unspecified atom stereocenters. The van der Waals surface area contributed by atoms with Crippen LogP contribution in [0.4, 0.5) is 14.6 Å². The maximum Gasteiger partial charge on any atom is 0.364 e. The van der Waals surface area contributed by atoms with Crippen molar-refractivity contribution in [2.75, 3.05) is 11.9 Å². The van der Waals surface area contributed by atoms with E-state index in [0.717, 1.165) is 30.9 Å². The van der Waals surface area contributed by atoms with Crippen LogP contribution in [0.5, 0.6) is 0 Å². The number of hydrogen-bond acceptors (Lipinski definition) is 10. The van der Waals surface area contributed by atoms with Crippen LogP contribution in [0.2, 0.25) is 0 Å². The lowest BCUT2D eigenvalue weighted by atomic mass is 10.1. The smallest absolute Gasteiger partial charge is 0.364 e. The fourth-order valence-electron chi connectivity index (χ4n) is 2.74. The predicted octanol–water partition coefficient (Wildman–Crippen LogP) is -0.528. The van der Waals surface area contributed by atoms with Gasteiger partial charge in [-0.15, -0.1) is 0 Å². The fraction of sp³-hybridized carbons (Fsp3) is 0.294. The Hall–Kier alpha value is -3.62. The van der Waals surface area contributed by atoms with Gasteiger partial charge in [0.25, 0.3) is 5.91 Å². The minimum absolute atomic E-state index is 0.347. The molecule has 3 N–H and O–H groups in total. The topological polar surface area (TPSA) is 166 Å². The standard InChI is InChI=1S/C17H15F2N5O7/c1-2-30-14(28)11-10(20-4-5-21-11)13(27)22-9-3-6-24(16(29)23-9)15-17(18,19)12(26)8(7-25)31-15/h2-6,8,12,15,25-26H,1,7H2,(H,22,23,27,29)/t8-,12-,15-/m1/s1. The second-order valence-corrected chi connectivity index (χ2v) is 6.11. The summed E-state index contributed by atoms with van der Waals surface area (Å²) in [6.07, 6.45) is -2.18. The zero-order chi connectivity index (χ0) is 22.8. The molecule has 12 nitrogen and oxygen atoms in total. The average Bonchev–Trinajstić information content (AvgIpc) is 2.97. The zero-order valence-corrected chi connectivity index (χ0v) is 15.5. The van der Waals surface area contributed by atoms with Gasteiger partial charge in [0, 0.05) is 18.6 Å². The summed E-state index contributed by atoms with van der Waals surface area (Å²) in [5.41, 5.74) is -2.12. The Labute approximate surface area is 171 Å². The molecule has 1 aliphatic rings. The third kappa shape index (κ3) is 4.16. The van der Waals surface area contributed by atoms with Gasteiger partial charge in [-0.2, -0.15) is 13.8 Å². The van der Waals surface area contributed by atoms with Gasteiger partial charge in [0.2, 0.25) is 6.23 Å². The first-order valence-electron chi connectivity index (χ1n) is 8.56. The van der Waals surface area contributed by atoms with Crippen LogP contribution >= 0.6 is 0 Å². The highest BCUT2D eigenvalue weighted by Crippen LogP contribution is 2.41. The minimum atomic E-state index is -3.89. The van der Waals surface area contributed by atoms with E-state index in [2.05, 4.69) is 31.6 Å². The lowest BCUT2D eigenvalue weighted by Gasteiger charge is -2.21. The van der Waals surface area contributed by atoms with Crippen molar-refractivity contribution in [3.63, 3.8) is 0 Å². The molecule has 3 rings (SSSR count). The molecule has 2 aromatic rings. The summed E-state index contributed by atoms with van der Waals surface area (Å²) in [5, 5.41) is 20.8. The van der Waals surface area contributed by atoms with Crippen molar-refractivity contribution in [2.45, 2.75) is 24.4 Å². The second kappa shape index (κ2) is 8.63. The average molecular weight is 439 g/mol. The van der Waals surface area contributed by atoms with Crippen LogP contribution in [-0.2, 0) is 9.47 Å². The fourth-order valence-corrected chi connectivity index (χ4v) is 2.74. The number of aliphatic hydroxyl groups is 2. The van der Waals surface area contributed by atoms with Crippen molar-refractivity contribution in [1.29, 1.82) is 0 Å². The molecule has 31 heavy (non-hydrogen) atoms. The van der Waals surface area contributed by atoms with E-state index >= 15 is 0 Å². The molecule has 0 aromatic carbocycles. The highest BCUT2D eigenvalue weighted by Gasteiger charge is 2.59. The Kier molecular flexibility index (Phi) is 6.14. The summed E-state index contributed by atoms with van der Waals surface area (Å²) in [7, 11) is 0. The van der Waals surface area contributed by atoms with Crippen LogP contribution in [-0.4, -0.2) is 66.3 Å². The Morgan fingerprint density at radius 2 is 2.03 bits per heavy atom. The van der Waals surface area contributed by atoms with E-state index in [0.29, 0.717) is 4.57 Å². The lowest BCUT2D eigenvalue weighted by Crippen LogP contribution is -2.41. The van der Waals surface area contributed by atoms with E-state index in [9.17, 15) is 28.3 Å². The number of hydrogen-bond donors (Lipinski definition) is 3. The molecule has 14 heteroatoms. The van der Waals surface area contributed by atoms with Crippen molar-refractivity contribution in [1.82, 2.24) is 19.5 Å².